The van der Waals surface area contributed by atoms with E-state index in [1.807, 2.05) is 6.92 Å². The van der Waals surface area contributed by atoms with E-state index < -0.39 is 5.91 Å². The summed E-state index contributed by atoms with van der Waals surface area (Å²) in [4.78, 5) is 11.8. The van der Waals surface area contributed by atoms with Crippen LogP contribution in [-0.2, 0) is 0 Å². The summed E-state index contributed by atoms with van der Waals surface area (Å²) in [6.45, 7) is 1.88. The number of carbonyl (C=O) groups is 1. The third-order valence-electron chi connectivity index (χ3n) is 2.00. The van der Waals surface area contributed by atoms with Crippen molar-refractivity contribution in [3.8, 4) is 0 Å². The van der Waals surface area contributed by atoms with E-state index in [9.17, 15) is 4.79 Å². The Morgan fingerprint density at radius 3 is 2.76 bits per heavy atom. The molecule has 2 rings (SSSR count). The third kappa shape index (κ3) is 2.75. The molecule has 2 aromatic rings. The van der Waals surface area contributed by atoms with Gasteiger partial charge in [0.25, 0.3) is 0 Å². The number of anilines is 1. The van der Waals surface area contributed by atoms with Crippen molar-refractivity contribution >= 4 is 34.7 Å². The second-order valence-electron chi connectivity index (χ2n) is 3.31. The molecule has 5 nitrogen and oxygen atoms in total. The van der Waals surface area contributed by atoms with Crippen molar-refractivity contribution in [3.63, 3.8) is 0 Å². The van der Waals surface area contributed by atoms with E-state index in [0.29, 0.717) is 11.3 Å². The Kier molecular flexibility index (Phi) is 3.30. The molecule has 1 amide bonds. The molecule has 0 atom stereocenters. The molecule has 0 unspecified atom stereocenters. The van der Waals surface area contributed by atoms with E-state index in [4.69, 9.17) is 11.5 Å². The van der Waals surface area contributed by atoms with Crippen molar-refractivity contribution in [2.75, 3.05) is 5.73 Å². The second kappa shape index (κ2) is 4.72. The molecule has 1 aromatic heterocycles. The molecule has 0 aliphatic carbocycles. The van der Waals surface area contributed by atoms with E-state index in [-0.39, 0.29) is 0 Å². The molecule has 7 heteroatoms. The van der Waals surface area contributed by atoms with Gasteiger partial charge < -0.3 is 11.5 Å². The summed E-state index contributed by atoms with van der Waals surface area (Å²) in [6, 6.07) is 4.93. The lowest BCUT2D eigenvalue weighted by Crippen LogP contribution is -2.11. The standard InChI is InChI=1S/C10H10N4OS2/c1-5-13-14-10(16-5)17-8-4-6(9(12)15)2-3-7(8)11/h2-4H,11H2,1H3,(H2,12,15). The first-order valence-corrected chi connectivity index (χ1v) is 6.37. The molecule has 0 radical (unpaired) electrons. The van der Waals surface area contributed by atoms with E-state index in [1.54, 1.807) is 18.2 Å². The number of hydrogen-bond donors (Lipinski definition) is 2. The number of nitrogens with zero attached hydrogens (tertiary/aromatic N) is 2. The molecule has 0 aliphatic heterocycles. The molecule has 1 aromatic carbocycles. The van der Waals surface area contributed by atoms with Gasteiger partial charge in [-0.05, 0) is 25.1 Å². The van der Waals surface area contributed by atoms with Crippen LogP contribution in [0.15, 0.2) is 27.4 Å². The van der Waals surface area contributed by atoms with Crippen molar-refractivity contribution in [3.05, 3.63) is 28.8 Å². The smallest absolute Gasteiger partial charge is 0.248 e. The fraction of sp³-hybridized carbons (Fsp3) is 0.100. The molecule has 0 saturated heterocycles. The first kappa shape index (κ1) is 11.9. The summed E-state index contributed by atoms with van der Waals surface area (Å²) >= 11 is 2.85. The number of aryl methyl sites for hydroxylation is 1. The molecule has 17 heavy (non-hydrogen) atoms. The van der Waals surface area contributed by atoms with Gasteiger partial charge in [-0.25, -0.2) is 0 Å². The average molecular weight is 266 g/mol. The molecular weight excluding hydrogens is 256 g/mol. The number of carbonyl (C=O) groups excluding carboxylic acids is 1. The highest BCUT2D eigenvalue weighted by molar-refractivity contribution is 8.01. The lowest BCUT2D eigenvalue weighted by Gasteiger charge is -2.04. The van der Waals surface area contributed by atoms with Crippen LogP contribution in [0.5, 0.6) is 0 Å². The summed E-state index contributed by atoms with van der Waals surface area (Å²) in [6.07, 6.45) is 0. The number of nitrogens with two attached hydrogens (primary N) is 2. The highest BCUT2D eigenvalue weighted by atomic mass is 32.2. The summed E-state index contributed by atoms with van der Waals surface area (Å²) in [7, 11) is 0. The van der Waals surface area contributed by atoms with E-state index >= 15 is 0 Å². The van der Waals surface area contributed by atoms with Crippen LogP contribution >= 0.6 is 23.1 Å². The van der Waals surface area contributed by atoms with Gasteiger partial charge in [-0.3, -0.25) is 4.79 Å². The number of benzene rings is 1. The summed E-state index contributed by atoms with van der Waals surface area (Å²) in [5.41, 5.74) is 12.1. The SMILES string of the molecule is Cc1nnc(Sc2cc(C(N)=O)ccc2N)s1. The number of nitrogen functional groups attached to an aromatic ring is 1. The largest absolute Gasteiger partial charge is 0.398 e. The Hall–Kier alpha value is -1.60. The Balaban J connectivity index is 2.31. The van der Waals surface area contributed by atoms with E-state index in [2.05, 4.69) is 10.2 Å². The molecule has 0 spiro atoms. The molecule has 0 fully saturated rings. The minimum atomic E-state index is -0.472. The predicted molar refractivity (Wildman–Crippen MR) is 68.1 cm³/mol. The number of hydrogen-bond acceptors (Lipinski definition) is 6. The van der Waals surface area contributed by atoms with Crippen LogP contribution < -0.4 is 11.5 Å². The number of primary amides is 1. The molecular formula is C10H10N4OS2. The van der Waals surface area contributed by atoms with Gasteiger partial charge in [0.15, 0.2) is 4.34 Å². The van der Waals surface area contributed by atoms with Crippen LogP contribution in [0.2, 0.25) is 0 Å². The first-order chi connectivity index (χ1) is 8.06. The highest BCUT2D eigenvalue weighted by Gasteiger charge is 2.09. The normalized spacial score (nSPS) is 10.4. The van der Waals surface area contributed by atoms with Gasteiger partial charge in [0.2, 0.25) is 5.91 Å². The monoisotopic (exact) mass is 266 g/mol. The molecule has 0 bridgehead atoms. The lowest BCUT2D eigenvalue weighted by molar-refractivity contribution is 0.1000. The third-order valence-corrected chi connectivity index (χ3v) is 3.97. The van der Waals surface area contributed by atoms with Crippen molar-refractivity contribution in [2.24, 2.45) is 5.73 Å². The summed E-state index contributed by atoms with van der Waals surface area (Å²) in [5, 5.41) is 8.79. The van der Waals surface area contributed by atoms with Gasteiger partial charge in [0, 0.05) is 16.1 Å². The minimum absolute atomic E-state index is 0.433. The van der Waals surface area contributed by atoms with Crippen molar-refractivity contribution in [1.82, 2.24) is 10.2 Å². The van der Waals surface area contributed by atoms with Crippen LogP contribution in [-0.4, -0.2) is 16.1 Å². The molecule has 0 aliphatic rings. The van der Waals surface area contributed by atoms with Crippen LogP contribution in [0, 0.1) is 6.92 Å². The maximum atomic E-state index is 11.1. The fourth-order valence-electron chi connectivity index (χ4n) is 1.19. The Labute approximate surface area is 106 Å². The van der Waals surface area contributed by atoms with Crippen molar-refractivity contribution < 1.29 is 4.79 Å². The predicted octanol–water partition coefficient (Wildman–Crippen LogP) is 1.68. The number of rotatable bonds is 3. The first-order valence-electron chi connectivity index (χ1n) is 4.73. The zero-order valence-electron chi connectivity index (χ0n) is 9.01. The topological polar surface area (TPSA) is 94.9 Å². The Morgan fingerprint density at radius 1 is 1.41 bits per heavy atom. The minimum Gasteiger partial charge on any atom is -0.398 e. The lowest BCUT2D eigenvalue weighted by atomic mass is 10.2. The molecule has 4 N–H and O–H groups in total. The summed E-state index contributed by atoms with van der Waals surface area (Å²) < 4.78 is 0.788. The maximum Gasteiger partial charge on any atom is 0.248 e. The van der Waals surface area contributed by atoms with Gasteiger partial charge >= 0.3 is 0 Å². The highest BCUT2D eigenvalue weighted by Crippen LogP contribution is 2.34. The van der Waals surface area contributed by atoms with Crippen molar-refractivity contribution in [1.29, 1.82) is 0 Å². The molecule has 88 valence electrons. The average Bonchev–Trinajstić information content (AvgIpc) is 2.67. The van der Waals surface area contributed by atoms with Gasteiger partial charge in [0.05, 0.1) is 0 Å². The Morgan fingerprint density at radius 2 is 2.18 bits per heavy atom. The number of amides is 1. The van der Waals surface area contributed by atoms with Crippen LogP contribution in [0.25, 0.3) is 0 Å². The zero-order valence-corrected chi connectivity index (χ0v) is 10.6. The van der Waals surface area contributed by atoms with E-state index in [1.165, 1.54) is 23.1 Å². The number of aromatic nitrogens is 2. The fourth-order valence-corrected chi connectivity index (χ4v) is 3.05. The van der Waals surface area contributed by atoms with E-state index in [0.717, 1.165) is 14.2 Å². The van der Waals surface area contributed by atoms with Gasteiger partial charge in [-0.15, -0.1) is 10.2 Å². The van der Waals surface area contributed by atoms with Crippen molar-refractivity contribution in [2.45, 2.75) is 16.2 Å². The van der Waals surface area contributed by atoms with Gasteiger partial charge in [-0.1, -0.05) is 23.1 Å². The quantitative estimate of drug-likeness (QED) is 0.824. The van der Waals surface area contributed by atoms with Crippen LogP contribution in [0.4, 0.5) is 5.69 Å². The maximum absolute atomic E-state index is 11.1. The van der Waals surface area contributed by atoms with Crippen LogP contribution in [0.1, 0.15) is 15.4 Å². The zero-order chi connectivity index (χ0) is 12.4. The van der Waals surface area contributed by atoms with Gasteiger partial charge in [-0.2, -0.15) is 0 Å². The molecule has 0 saturated carbocycles. The Bertz CT molecular complexity index is 567. The molecule has 1 heterocycles. The summed E-state index contributed by atoms with van der Waals surface area (Å²) in [5.74, 6) is -0.472. The van der Waals surface area contributed by atoms with Crippen LogP contribution in [0.3, 0.4) is 0 Å². The second-order valence-corrected chi connectivity index (χ2v) is 5.78. The van der Waals surface area contributed by atoms with Gasteiger partial charge in [0.1, 0.15) is 5.01 Å².